The number of carbonyl (C=O) groups excluding carboxylic acids is 1. The lowest BCUT2D eigenvalue weighted by Crippen LogP contribution is -2.07. The van der Waals surface area contributed by atoms with E-state index >= 15 is 0 Å². The number of rotatable bonds is 6. The summed E-state index contributed by atoms with van der Waals surface area (Å²) >= 11 is 0. The van der Waals surface area contributed by atoms with Crippen LogP contribution in [0.5, 0.6) is 0 Å². The van der Waals surface area contributed by atoms with Crippen LogP contribution in [-0.4, -0.2) is 33.6 Å². The van der Waals surface area contributed by atoms with Crippen LogP contribution in [0.1, 0.15) is 29.4 Å². The third-order valence-corrected chi connectivity index (χ3v) is 3.20. The molecule has 22 heavy (non-hydrogen) atoms. The van der Waals surface area contributed by atoms with Crippen LogP contribution in [0.2, 0.25) is 0 Å². The highest BCUT2D eigenvalue weighted by Crippen LogP contribution is 2.27. The van der Waals surface area contributed by atoms with Gasteiger partial charge in [-0.25, -0.2) is 4.79 Å². The van der Waals surface area contributed by atoms with Crippen LogP contribution in [0.3, 0.4) is 0 Å². The highest BCUT2D eigenvalue weighted by Gasteiger charge is 2.20. The van der Waals surface area contributed by atoms with Crippen molar-refractivity contribution < 1.29 is 24.4 Å². The molecule has 0 radical (unpaired) electrons. The first kappa shape index (κ1) is 15.5. The Kier molecular flexibility index (Phi) is 4.40. The van der Waals surface area contributed by atoms with Crippen LogP contribution >= 0.6 is 0 Å². The number of non-ortho nitro benzene ring substituents is 1. The minimum atomic E-state index is -1.18. The van der Waals surface area contributed by atoms with E-state index in [1.165, 1.54) is 18.2 Å². The van der Waals surface area contributed by atoms with E-state index in [9.17, 15) is 24.8 Å². The molecule has 0 amide bonds. The third-order valence-electron chi connectivity index (χ3n) is 3.20. The fraction of sp³-hybridized carbons (Fsp3) is 0.286. The minimum Gasteiger partial charge on any atom is -0.477 e. The molecule has 0 saturated carbocycles. The van der Waals surface area contributed by atoms with Crippen molar-refractivity contribution in [2.45, 2.75) is 19.8 Å². The number of aromatic nitrogens is 1. The highest BCUT2D eigenvalue weighted by molar-refractivity contribution is 5.98. The van der Waals surface area contributed by atoms with Gasteiger partial charge in [-0.3, -0.25) is 14.9 Å². The maximum atomic E-state index is 11.4. The molecular weight excluding hydrogens is 292 g/mol. The first-order chi connectivity index (χ1) is 10.4. The van der Waals surface area contributed by atoms with Crippen molar-refractivity contribution in [1.29, 1.82) is 0 Å². The van der Waals surface area contributed by atoms with Crippen LogP contribution in [0.15, 0.2) is 18.2 Å². The lowest BCUT2D eigenvalue weighted by molar-refractivity contribution is -0.384. The SMILES string of the molecule is CCOC(=O)CCc1c(C(=O)O)[nH]c2ccc([N+](=O)[O-])cc12. The molecular formula is C14H14N2O6. The zero-order chi connectivity index (χ0) is 16.3. The fourth-order valence-corrected chi connectivity index (χ4v) is 2.25. The average molecular weight is 306 g/mol. The Bertz CT molecular complexity index is 749. The molecule has 0 unspecified atom stereocenters. The Morgan fingerprint density at radius 2 is 2.14 bits per heavy atom. The highest BCUT2D eigenvalue weighted by atomic mass is 16.6. The number of aryl methyl sites for hydroxylation is 1. The number of nitro groups is 1. The number of benzene rings is 1. The second kappa shape index (κ2) is 6.25. The standard InChI is InChI=1S/C14H14N2O6/c1-2-22-12(17)6-4-9-10-7-8(16(20)21)3-5-11(10)15-13(9)14(18)19/h3,5,7,15H,2,4,6H2,1H3,(H,18,19). The van der Waals surface area contributed by atoms with Crippen LogP contribution in [0.4, 0.5) is 5.69 Å². The predicted molar refractivity (Wildman–Crippen MR) is 76.9 cm³/mol. The summed E-state index contributed by atoms with van der Waals surface area (Å²) in [5.74, 6) is -1.63. The molecule has 0 atom stereocenters. The molecule has 1 aromatic carbocycles. The molecule has 8 heteroatoms. The summed E-state index contributed by atoms with van der Waals surface area (Å²) in [5.41, 5.74) is 0.627. The molecule has 2 aromatic rings. The van der Waals surface area contributed by atoms with E-state index in [0.717, 1.165) is 0 Å². The number of hydrogen-bond acceptors (Lipinski definition) is 5. The van der Waals surface area contributed by atoms with Gasteiger partial charge in [-0.15, -0.1) is 0 Å². The molecule has 1 aromatic heterocycles. The number of aromatic carboxylic acids is 1. The van der Waals surface area contributed by atoms with E-state index < -0.39 is 16.9 Å². The van der Waals surface area contributed by atoms with Gasteiger partial charge in [-0.05, 0) is 25.0 Å². The summed E-state index contributed by atoms with van der Waals surface area (Å²) in [6.07, 6.45) is 0.130. The van der Waals surface area contributed by atoms with Crippen LogP contribution < -0.4 is 0 Å². The van der Waals surface area contributed by atoms with E-state index in [4.69, 9.17) is 4.74 Å². The zero-order valence-electron chi connectivity index (χ0n) is 11.8. The third kappa shape index (κ3) is 3.05. The number of fused-ring (bicyclic) bond motifs is 1. The number of carboxylic acid groups (broad SMARTS) is 1. The number of nitrogens with one attached hydrogen (secondary N) is 1. The summed E-state index contributed by atoms with van der Waals surface area (Å²) in [7, 11) is 0. The first-order valence-electron chi connectivity index (χ1n) is 6.62. The number of carboxylic acids is 1. The monoisotopic (exact) mass is 306 g/mol. The van der Waals surface area contributed by atoms with E-state index in [0.29, 0.717) is 16.5 Å². The summed E-state index contributed by atoms with van der Waals surface area (Å²) < 4.78 is 4.81. The Labute approximate surface area is 124 Å². The maximum absolute atomic E-state index is 11.4. The van der Waals surface area contributed by atoms with Gasteiger partial charge in [0.25, 0.3) is 5.69 Å². The van der Waals surface area contributed by atoms with E-state index in [-0.39, 0.29) is 30.8 Å². The lowest BCUT2D eigenvalue weighted by atomic mass is 10.0. The molecule has 116 valence electrons. The number of hydrogen-bond donors (Lipinski definition) is 2. The number of nitro benzene ring substituents is 1. The molecule has 0 saturated heterocycles. The number of esters is 1. The number of nitrogens with zero attached hydrogens (tertiary/aromatic N) is 1. The molecule has 0 spiro atoms. The molecule has 2 N–H and O–H groups in total. The minimum absolute atomic E-state index is 0.00374. The molecule has 0 fully saturated rings. The van der Waals surface area contributed by atoms with Crippen LogP contribution in [0, 0.1) is 10.1 Å². The topological polar surface area (TPSA) is 123 Å². The molecule has 2 rings (SSSR count). The second-order valence-electron chi connectivity index (χ2n) is 4.58. The van der Waals surface area contributed by atoms with Gasteiger partial charge in [0, 0.05) is 29.5 Å². The summed E-state index contributed by atoms with van der Waals surface area (Å²) in [6, 6.07) is 4.05. The molecule has 0 aliphatic heterocycles. The molecule has 1 heterocycles. The maximum Gasteiger partial charge on any atom is 0.352 e. The molecule has 0 bridgehead atoms. The largest absolute Gasteiger partial charge is 0.477 e. The number of aromatic amines is 1. The van der Waals surface area contributed by atoms with E-state index in [1.807, 2.05) is 0 Å². The van der Waals surface area contributed by atoms with Crippen molar-refractivity contribution in [2.75, 3.05) is 6.61 Å². The van der Waals surface area contributed by atoms with Gasteiger partial charge in [0.2, 0.25) is 0 Å². The van der Waals surface area contributed by atoms with Gasteiger partial charge in [0.15, 0.2) is 0 Å². The summed E-state index contributed by atoms with van der Waals surface area (Å²) in [5, 5.41) is 20.5. The van der Waals surface area contributed by atoms with Gasteiger partial charge in [-0.2, -0.15) is 0 Å². The smallest absolute Gasteiger partial charge is 0.352 e. The van der Waals surface area contributed by atoms with Gasteiger partial charge in [0.05, 0.1) is 11.5 Å². The zero-order valence-corrected chi connectivity index (χ0v) is 11.8. The fourth-order valence-electron chi connectivity index (χ4n) is 2.25. The second-order valence-corrected chi connectivity index (χ2v) is 4.58. The first-order valence-corrected chi connectivity index (χ1v) is 6.62. The van der Waals surface area contributed by atoms with Crippen molar-refractivity contribution in [3.63, 3.8) is 0 Å². The quantitative estimate of drug-likeness (QED) is 0.479. The van der Waals surface area contributed by atoms with Gasteiger partial charge >= 0.3 is 11.9 Å². The number of carbonyl (C=O) groups is 2. The summed E-state index contributed by atoms with van der Waals surface area (Å²) in [6.45, 7) is 1.92. The Morgan fingerprint density at radius 3 is 2.73 bits per heavy atom. The van der Waals surface area contributed by atoms with E-state index in [2.05, 4.69) is 4.98 Å². The molecule has 0 aliphatic rings. The van der Waals surface area contributed by atoms with Gasteiger partial charge < -0.3 is 14.8 Å². The normalized spacial score (nSPS) is 10.6. The van der Waals surface area contributed by atoms with E-state index in [1.54, 1.807) is 6.92 Å². The number of H-pyrrole nitrogens is 1. The van der Waals surface area contributed by atoms with Gasteiger partial charge in [-0.1, -0.05) is 0 Å². The van der Waals surface area contributed by atoms with Crippen molar-refractivity contribution in [3.05, 3.63) is 39.6 Å². The Balaban J connectivity index is 2.45. The Hall–Kier alpha value is -2.90. The molecule has 0 aliphatic carbocycles. The molecule has 8 nitrogen and oxygen atoms in total. The Morgan fingerprint density at radius 1 is 1.41 bits per heavy atom. The predicted octanol–water partition coefficient (Wildman–Crippen LogP) is 2.27. The number of ether oxygens (including phenoxy) is 1. The van der Waals surface area contributed by atoms with Crippen LogP contribution in [-0.2, 0) is 16.0 Å². The van der Waals surface area contributed by atoms with Crippen molar-refractivity contribution in [2.24, 2.45) is 0 Å². The van der Waals surface area contributed by atoms with Crippen molar-refractivity contribution >= 4 is 28.5 Å². The summed E-state index contributed by atoms with van der Waals surface area (Å²) in [4.78, 5) is 35.8. The van der Waals surface area contributed by atoms with Crippen LogP contribution in [0.25, 0.3) is 10.9 Å². The average Bonchev–Trinajstić information content (AvgIpc) is 2.83. The van der Waals surface area contributed by atoms with Crippen molar-refractivity contribution in [3.8, 4) is 0 Å². The lowest BCUT2D eigenvalue weighted by Gasteiger charge is -2.03. The van der Waals surface area contributed by atoms with Crippen molar-refractivity contribution in [1.82, 2.24) is 4.98 Å². The van der Waals surface area contributed by atoms with Gasteiger partial charge in [0.1, 0.15) is 5.69 Å².